The van der Waals surface area contributed by atoms with Gasteiger partial charge in [-0.25, -0.2) is 0 Å². The maximum atomic E-state index is 5.30. The van der Waals surface area contributed by atoms with Crippen molar-refractivity contribution in [2.24, 2.45) is 0 Å². The molecule has 112 valence electrons. The van der Waals surface area contributed by atoms with Gasteiger partial charge in [0.05, 0.1) is 7.11 Å². The molecule has 0 aliphatic carbocycles. The molecule has 0 spiro atoms. The highest BCUT2D eigenvalue weighted by atomic mass is 79.9. The lowest BCUT2D eigenvalue weighted by atomic mass is 9.82. The zero-order valence-corrected chi connectivity index (χ0v) is 14.8. The summed E-state index contributed by atoms with van der Waals surface area (Å²) in [5.74, 6) is 0.913. The predicted molar refractivity (Wildman–Crippen MR) is 93.5 cm³/mol. The van der Waals surface area contributed by atoms with Crippen molar-refractivity contribution in [2.45, 2.75) is 37.4 Å². The summed E-state index contributed by atoms with van der Waals surface area (Å²) in [4.78, 5) is 0.306. The van der Waals surface area contributed by atoms with Crippen LogP contribution in [0.5, 0.6) is 5.75 Å². The third-order valence-electron chi connectivity index (χ3n) is 3.66. The van der Waals surface area contributed by atoms with Crippen LogP contribution in [-0.4, -0.2) is 7.11 Å². The Balaban J connectivity index is 2.26. The lowest BCUT2D eigenvalue weighted by Gasteiger charge is -2.25. The summed E-state index contributed by atoms with van der Waals surface area (Å²) in [6.45, 7) is 6.78. The minimum Gasteiger partial charge on any atom is -0.497 e. The molecule has 0 aliphatic rings. The number of alkyl halides is 1. The second kappa shape index (κ2) is 6.65. The third-order valence-corrected chi connectivity index (χ3v) is 4.47. The molecule has 0 saturated carbocycles. The van der Waals surface area contributed by atoms with Crippen molar-refractivity contribution in [3.05, 3.63) is 65.2 Å². The van der Waals surface area contributed by atoms with E-state index in [2.05, 4.69) is 73.1 Å². The molecule has 0 aromatic heterocycles. The Morgan fingerprint density at radius 1 is 1.05 bits per heavy atom. The number of ether oxygens (including phenoxy) is 1. The second-order valence-electron chi connectivity index (χ2n) is 6.36. The molecular formula is C19H23BrO. The summed E-state index contributed by atoms with van der Waals surface area (Å²) in [6.07, 6.45) is 0.949. The summed E-state index contributed by atoms with van der Waals surface area (Å²) in [5, 5.41) is 0. The second-order valence-corrected chi connectivity index (χ2v) is 7.47. The Kier molecular flexibility index (Phi) is 5.10. The van der Waals surface area contributed by atoms with Gasteiger partial charge in [-0.3, -0.25) is 0 Å². The molecule has 1 nitrogen and oxygen atoms in total. The first-order valence-corrected chi connectivity index (χ1v) is 8.20. The summed E-state index contributed by atoms with van der Waals surface area (Å²) in [6, 6.07) is 17.0. The molecule has 0 amide bonds. The van der Waals surface area contributed by atoms with E-state index in [-0.39, 0.29) is 5.41 Å². The highest BCUT2D eigenvalue weighted by Crippen LogP contribution is 2.35. The van der Waals surface area contributed by atoms with Gasteiger partial charge in [-0.2, -0.15) is 0 Å². The van der Waals surface area contributed by atoms with Crippen molar-refractivity contribution >= 4 is 15.9 Å². The largest absolute Gasteiger partial charge is 0.497 e. The van der Waals surface area contributed by atoms with Crippen molar-refractivity contribution in [3.63, 3.8) is 0 Å². The van der Waals surface area contributed by atoms with E-state index in [4.69, 9.17) is 4.74 Å². The van der Waals surface area contributed by atoms with Crippen molar-refractivity contribution in [1.29, 1.82) is 0 Å². The van der Waals surface area contributed by atoms with Crippen LogP contribution in [0.2, 0.25) is 0 Å². The van der Waals surface area contributed by atoms with Crippen LogP contribution in [0, 0.1) is 0 Å². The van der Waals surface area contributed by atoms with Gasteiger partial charge >= 0.3 is 0 Å². The fraction of sp³-hybridized carbons (Fsp3) is 0.368. The van der Waals surface area contributed by atoms with E-state index >= 15 is 0 Å². The quantitative estimate of drug-likeness (QED) is 0.648. The van der Waals surface area contributed by atoms with E-state index in [0.717, 1.165) is 12.2 Å². The summed E-state index contributed by atoms with van der Waals surface area (Å²) >= 11 is 3.87. The van der Waals surface area contributed by atoms with Crippen molar-refractivity contribution in [2.75, 3.05) is 7.11 Å². The average Bonchev–Trinajstić information content (AvgIpc) is 2.46. The van der Waals surface area contributed by atoms with Gasteiger partial charge in [0.15, 0.2) is 0 Å². The van der Waals surface area contributed by atoms with Gasteiger partial charge in [0.2, 0.25) is 0 Å². The van der Waals surface area contributed by atoms with Crippen LogP contribution in [0.15, 0.2) is 48.5 Å². The molecule has 0 fully saturated rings. The lowest BCUT2D eigenvalue weighted by Crippen LogP contribution is -2.15. The van der Waals surface area contributed by atoms with Crippen molar-refractivity contribution < 1.29 is 4.74 Å². The Labute approximate surface area is 136 Å². The Morgan fingerprint density at radius 2 is 1.76 bits per heavy atom. The third kappa shape index (κ3) is 4.10. The molecule has 1 atom stereocenters. The molecule has 2 heteroatoms. The van der Waals surface area contributed by atoms with Crippen LogP contribution in [0.1, 0.15) is 42.3 Å². The maximum absolute atomic E-state index is 5.30. The summed E-state index contributed by atoms with van der Waals surface area (Å²) in [7, 11) is 1.71. The zero-order valence-electron chi connectivity index (χ0n) is 13.2. The smallest absolute Gasteiger partial charge is 0.119 e. The number of hydrogen-bond acceptors (Lipinski definition) is 1. The van der Waals surface area contributed by atoms with Crippen LogP contribution < -0.4 is 4.74 Å². The summed E-state index contributed by atoms with van der Waals surface area (Å²) < 4.78 is 5.30. The van der Waals surface area contributed by atoms with Gasteiger partial charge in [-0.1, -0.05) is 73.1 Å². The summed E-state index contributed by atoms with van der Waals surface area (Å²) in [5.41, 5.74) is 4.19. The number of benzene rings is 2. The number of hydrogen-bond donors (Lipinski definition) is 0. The number of rotatable bonds is 4. The van der Waals surface area contributed by atoms with Crippen molar-refractivity contribution in [3.8, 4) is 5.75 Å². The monoisotopic (exact) mass is 346 g/mol. The molecule has 2 rings (SSSR count). The number of methoxy groups -OCH3 is 1. The highest BCUT2D eigenvalue weighted by Gasteiger charge is 2.21. The standard InChI is InChI=1S/C19H23BrO/c1-19(2,3)17-11-6-5-10-16(17)18(20)13-14-8-7-9-15(12-14)21-4/h5-12,18H,13H2,1-4H3. The Morgan fingerprint density at radius 3 is 2.43 bits per heavy atom. The fourth-order valence-corrected chi connectivity index (χ4v) is 3.34. The van der Waals surface area contributed by atoms with Gasteiger partial charge in [0.1, 0.15) is 5.75 Å². The lowest BCUT2D eigenvalue weighted by molar-refractivity contribution is 0.414. The van der Waals surface area contributed by atoms with Crippen LogP contribution in [0.3, 0.4) is 0 Å². The normalized spacial score (nSPS) is 13.0. The van der Waals surface area contributed by atoms with E-state index in [1.54, 1.807) is 7.11 Å². The van der Waals surface area contributed by atoms with E-state index in [9.17, 15) is 0 Å². The topological polar surface area (TPSA) is 9.23 Å². The van der Waals surface area contributed by atoms with Crippen LogP contribution in [-0.2, 0) is 11.8 Å². The fourth-order valence-electron chi connectivity index (χ4n) is 2.57. The maximum Gasteiger partial charge on any atom is 0.119 e. The first-order chi connectivity index (χ1) is 9.91. The molecule has 2 aromatic rings. The Bertz CT molecular complexity index is 599. The van der Waals surface area contributed by atoms with Gasteiger partial charge in [0.25, 0.3) is 0 Å². The van der Waals surface area contributed by atoms with Gasteiger partial charge in [0, 0.05) is 4.83 Å². The Hall–Kier alpha value is -1.28. The first kappa shape index (κ1) is 16.1. The SMILES string of the molecule is COc1cccc(CC(Br)c2ccccc2C(C)(C)C)c1. The molecule has 0 N–H and O–H groups in total. The van der Waals surface area contributed by atoms with E-state index in [0.29, 0.717) is 4.83 Å². The molecule has 21 heavy (non-hydrogen) atoms. The van der Waals surface area contributed by atoms with Crippen LogP contribution >= 0.6 is 15.9 Å². The van der Waals surface area contributed by atoms with Gasteiger partial charge in [-0.15, -0.1) is 0 Å². The molecule has 1 unspecified atom stereocenters. The van der Waals surface area contributed by atoms with Crippen LogP contribution in [0.4, 0.5) is 0 Å². The molecule has 0 bridgehead atoms. The molecule has 0 heterocycles. The highest BCUT2D eigenvalue weighted by molar-refractivity contribution is 9.09. The molecule has 2 aromatic carbocycles. The van der Waals surface area contributed by atoms with E-state index in [1.165, 1.54) is 16.7 Å². The minimum atomic E-state index is 0.150. The van der Waals surface area contributed by atoms with Crippen molar-refractivity contribution in [1.82, 2.24) is 0 Å². The van der Waals surface area contributed by atoms with Gasteiger partial charge < -0.3 is 4.74 Å². The molecular weight excluding hydrogens is 324 g/mol. The van der Waals surface area contributed by atoms with Crippen LogP contribution in [0.25, 0.3) is 0 Å². The van der Waals surface area contributed by atoms with E-state index < -0.39 is 0 Å². The average molecular weight is 347 g/mol. The van der Waals surface area contributed by atoms with Gasteiger partial charge in [-0.05, 0) is 40.7 Å². The minimum absolute atomic E-state index is 0.150. The molecule has 0 radical (unpaired) electrons. The predicted octanol–water partition coefficient (Wildman–Crippen LogP) is 5.67. The number of halogens is 1. The molecule has 0 saturated heterocycles. The first-order valence-electron chi connectivity index (χ1n) is 7.28. The molecule has 0 aliphatic heterocycles. The zero-order chi connectivity index (χ0) is 15.5. The van der Waals surface area contributed by atoms with E-state index in [1.807, 2.05) is 12.1 Å².